The van der Waals surface area contributed by atoms with E-state index < -0.39 is 11.5 Å². The summed E-state index contributed by atoms with van der Waals surface area (Å²) >= 11 is 0. The van der Waals surface area contributed by atoms with E-state index in [2.05, 4.69) is 0 Å². The number of carbonyl (C=O) groups excluding carboxylic acids is 1. The maximum absolute atomic E-state index is 12.1. The normalized spacial score (nSPS) is 16.2. The molecule has 0 amide bonds. The highest BCUT2D eigenvalue weighted by Gasteiger charge is 2.30. The van der Waals surface area contributed by atoms with E-state index in [1.54, 1.807) is 6.07 Å². The molecule has 1 atom stereocenters. The minimum absolute atomic E-state index is 0.216. The first-order valence-electron chi connectivity index (χ1n) is 5.87. The van der Waals surface area contributed by atoms with Gasteiger partial charge in [-0.2, -0.15) is 0 Å². The summed E-state index contributed by atoms with van der Waals surface area (Å²) in [5.41, 5.74) is 1.18. The van der Waals surface area contributed by atoms with Crippen LogP contribution in [-0.2, 0) is 6.42 Å². The van der Waals surface area contributed by atoms with Gasteiger partial charge in [-0.25, -0.2) is 0 Å². The SMILES string of the molecule is CC(C)(C)C(O)C(=O)c1ccc2c(c1)CCO2. The predicted molar refractivity (Wildman–Crippen MR) is 65.4 cm³/mol. The second-order valence-corrected chi connectivity index (χ2v) is 5.55. The van der Waals surface area contributed by atoms with Gasteiger partial charge in [0, 0.05) is 12.0 Å². The van der Waals surface area contributed by atoms with Crippen molar-refractivity contribution in [2.75, 3.05) is 6.61 Å². The van der Waals surface area contributed by atoms with Crippen molar-refractivity contribution in [3.63, 3.8) is 0 Å². The Labute approximate surface area is 101 Å². The lowest BCUT2D eigenvalue weighted by Gasteiger charge is -2.24. The molecule has 1 aliphatic rings. The highest BCUT2D eigenvalue weighted by atomic mass is 16.5. The molecule has 2 rings (SSSR count). The van der Waals surface area contributed by atoms with Gasteiger partial charge < -0.3 is 9.84 Å². The first-order chi connectivity index (χ1) is 7.89. The molecule has 0 fully saturated rings. The fourth-order valence-corrected chi connectivity index (χ4v) is 1.89. The Morgan fingerprint density at radius 1 is 1.41 bits per heavy atom. The van der Waals surface area contributed by atoms with Crippen molar-refractivity contribution in [3.05, 3.63) is 29.3 Å². The molecule has 0 spiro atoms. The number of rotatable bonds is 2. The molecule has 0 saturated heterocycles. The summed E-state index contributed by atoms with van der Waals surface area (Å²) < 4.78 is 5.39. The molecular weight excluding hydrogens is 216 g/mol. The zero-order valence-corrected chi connectivity index (χ0v) is 10.5. The largest absolute Gasteiger partial charge is 0.493 e. The van der Waals surface area contributed by atoms with Crippen LogP contribution >= 0.6 is 0 Å². The van der Waals surface area contributed by atoms with Crippen LogP contribution in [0.15, 0.2) is 18.2 Å². The standard InChI is InChI=1S/C14H18O3/c1-14(2,3)13(16)12(15)10-4-5-11-9(8-10)6-7-17-11/h4-5,8,13,16H,6-7H2,1-3H3. The number of benzene rings is 1. The monoisotopic (exact) mass is 234 g/mol. The third-order valence-electron chi connectivity index (χ3n) is 3.04. The lowest BCUT2D eigenvalue weighted by Crippen LogP contribution is -2.34. The highest BCUT2D eigenvalue weighted by Crippen LogP contribution is 2.28. The quantitative estimate of drug-likeness (QED) is 0.798. The molecule has 1 aliphatic heterocycles. The number of carbonyl (C=O) groups is 1. The van der Waals surface area contributed by atoms with Crippen LogP contribution in [-0.4, -0.2) is 23.6 Å². The molecule has 17 heavy (non-hydrogen) atoms. The number of ketones is 1. The topological polar surface area (TPSA) is 46.5 Å². The van der Waals surface area contributed by atoms with Gasteiger partial charge in [0.2, 0.25) is 0 Å². The Bertz CT molecular complexity index is 443. The first-order valence-corrected chi connectivity index (χ1v) is 5.87. The van der Waals surface area contributed by atoms with Crippen LogP contribution in [0.2, 0.25) is 0 Å². The van der Waals surface area contributed by atoms with E-state index in [0.29, 0.717) is 12.2 Å². The van der Waals surface area contributed by atoms with E-state index in [-0.39, 0.29) is 5.78 Å². The molecule has 0 saturated carbocycles. The molecule has 0 radical (unpaired) electrons. The summed E-state index contributed by atoms with van der Waals surface area (Å²) in [6.45, 7) is 6.24. The Hall–Kier alpha value is -1.35. The first kappa shape index (κ1) is 12.1. The minimum Gasteiger partial charge on any atom is -0.493 e. The van der Waals surface area contributed by atoms with E-state index in [9.17, 15) is 9.90 Å². The molecule has 0 aliphatic carbocycles. The van der Waals surface area contributed by atoms with Gasteiger partial charge in [-0.05, 0) is 29.2 Å². The number of Topliss-reactive ketones (excluding diaryl/α,β-unsaturated/α-hetero) is 1. The third kappa shape index (κ3) is 2.34. The van der Waals surface area contributed by atoms with Gasteiger partial charge in [-0.1, -0.05) is 20.8 Å². The van der Waals surface area contributed by atoms with E-state index in [0.717, 1.165) is 17.7 Å². The number of hydrogen-bond acceptors (Lipinski definition) is 3. The van der Waals surface area contributed by atoms with Gasteiger partial charge >= 0.3 is 0 Å². The van der Waals surface area contributed by atoms with Crippen LogP contribution in [0.25, 0.3) is 0 Å². The molecule has 3 heteroatoms. The van der Waals surface area contributed by atoms with Crippen molar-refractivity contribution in [2.45, 2.75) is 33.3 Å². The molecule has 1 unspecified atom stereocenters. The van der Waals surface area contributed by atoms with Crippen molar-refractivity contribution in [1.29, 1.82) is 0 Å². The molecule has 0 bridgehead atoms. The van der Waals surface area contributed by atoms with E-state index in [1.165, 1.54) is 0 Å². The van der Waals surface area contributed by atoms with Crippen LogP contribution in [0.3, 0.4) is 0 Å². The number of ether oxygens (including phenoxy) is 1. The average Bonchev–Trinajstić information content (AvgIpc) is 2.72. The molecular formula is C14H18O3. The molecule has 3 nitrogen and oxygen atoms in total. The van der Waals surface area contributed by atoms with Gasteiger partial charge in [-0.15, -0.1) is 0 Å². The minimum atomic E-state index is -0.970. The fraction of sp³-hybridized carbons (Fsp3) is 0.500. The van der Waals surface area contributed by atoms with Crippen molar-refractivity contribution in [3.8, 4) is 5.75 Å². The average molecular weight is 234 g/mol. The lowest BCUT2D eigenvalue weighted by molar-refractivity contribution is 0.0442. The molecule has 1 aromatic carbocycles. The molecule has 0 aromatic heterocycles. The lowest BCUT2D eigenvalue weighted by atomic mass is 9.84. The van der Waals surface area contributed by atoms with Crippen LogP contribution in [0.5, 0.6) is 5.75 Å². The highest BCUT2D eigenvalue weighted by molar-refractivity contribution is 6.00. The van der Waals surface area contributed by atoms with E-state index in [4.69, 9.17) is 4.74 Å². The van der Waals surface area contributed by atoms with Crippen LogP contribution in [0.1, 0.15) is 36.7 Å². The number of fused-ring (bicyclic) bond motifs is 1. The summed E-state index contributed by atoms with van der Waals surface area (Å²) in [4.78, 5) is 12.1. The maximum Gasteiger partial charge on any atom is 0.191 e. The van der Waals surface area contributed by atoms with Crippen LogP contribution in [0, 0.1) is 5.41 Å². The van der Waals surface area contributed by atoms with Crippen molar-refractivity contribution in [1.82, 2.24) is 0 Å². The summed E-state index contributed by atoms with van der Waals surface area (Å²) in [5, 5.41) is 9.98. The Kier molecular flexibility index (Phi) is 2.96. The predicted octanol–water partition coefficient (Wildman–Crippen LogP) is 2.21. The van der Waals surface area contributed by atoms with Crippen LogP contribution < -0.4 is 4.74 Å². The van der Waals surface area contributed by atoms with Crippen molar-refractivity contribution in [2.24, 2.45) is 5.41 Å². The van der Waals surface area contributed by atoms with Gasteiger partial charge in [0.1, 0.15) is 11.9 Å². The maximum atomic E-state index is 12.1. The van der Waals surface area contributed by atoms with Crippen LogP contribution in [0.4, 0.5) is 0 Å². The third-order valence-corrected chi connectivity index (χ3v) is 3.04. The number of aliphatic hydroxyl groups is 1. The zero-order valence-electron chi connectivity index (χ0n) is 10.5. The van der Waals surface area contributed by atoms with E-state index in [1.807, 2.05) is 32.9 Å². The molecule has 92 valence electrons. The molecule has 1 N–H and O–H groups in total. The van der Waals surface area contributed by atoms with Gasteiger partial charge in [0.15, 0.2) is 5.78 Å². The smallest absolute Gasteiger partial charge is 0.191 e. The molecule has 1 heterocycles. The summed E-state index contributed by atoms with van der Waals surface area (Å²) in [6.07, 6.45) is -0.134. The van der Waals surface area contributed by atoms with Crippen molar-refractivity contribution < 1.29 is 14.6 Å². The second-order valence-electron chi connectivity index (χ2n) is 5.55. The summed E-state index contributed by atoms with van der Waals surface area (Å²) in [6, 6.07) is 5.37. The number of hydrogen-bond donors (Lipinski definition) is 1. The Morgan fingerprint density at radius 3 is 2.76 bits per heavy atom. The van der Waals surface area contributed by atoms with E-state index >= 15 is 0 Å². The van der Waals surface area contributed by atoms with Gasteiger partial charge in [0.05, 0.1) is 6.61 Å². The summed E-state index contributed by atoms with van der Waals surface area (Å²) in [7, 11) is 0. The van der Waals surface area contributed by atoms with Gasteiger partial charge in [0.25, 0.3) is 0 Å². The van der Waals surface area contributed by atoms with Crippen molar-refractivity contribution >= 4 is 5.78 Å². The number of aliphatic hydroxyl groups excluding tert-OH is 1. The summed E-state index contributed by atoms with van der Waals surface area (Å²) in [5.74, 6) is 0.638. The van der Waals surface area contributed by atoms with Gasteiger partial charge in [-0.3, -0.25) is 4.79 Å². The zero-order chi connectivity index (χ0) is 12.6. The second kappa shape index (κ2) is 4.15. The Morgan fingerprint density at radius 2 is 2.12 bits per heavy atom. The fourth-order valence-electron chi connectivity index (χ4n) is 1.89. The Balaban J connectivity index is 2.26. The molecule has 1 aromatic rings.